The molecule has 146 valence electrons. The van der Waals surface area contributed by atoms with E-state index in [0.29, 0.717) is 24.3 Å². The summed E-state index contributed by atoms with van der Waals surface area (Å²) in [6, 6.07) is 3.73. The Bertz CT molecular complexity index is 932. The highest BCUT2D eigenvalue weighted by Crippen LogP contribution is 2.41. The van der Waals surface area contributed by atoms with Crippen LogP contribution >= 0.6 is 0 Å². The lowest BCUT2D eigenvalue weighted by molar-refractivity contribution is -0.143. The Balaban J connectivity index is 2.85. The number of halogens is 9. The van der Waals surface area contributed by atoms with E-state index in [2.05, 4.69) is 0 Å². The van der Waals surface area contributed by atoms with Gasteiger partial charge < -0.3 is 0 Å². The van der Waals surface area contributed by atoms with Crippen LogP contribution in [0, 0.1) is 22.7 Å². The summed E-state index contributed by atoms with van der Waals surface area (Å²) in [6.45, 7) is 0. The molecular weight excluding hydrogens is 403 g/mol. The normalized spacial score (nSPS) is 12.4. The van der Waals surface area contributed by atoms with Gasteiger partial charge in [-0.05, 0) is 41.5 Å². The summed E-state index contributed by atoms with van der Waals surface area (Å²) < 4.78 is 117. The first-order valence-corrected chi connectivity index (χ1v) is 7.03. The van der Waals surface area contributed by atoms with Crippen LogP contribution in [0.3, 0.4) is 0 Å². The van der Waals surface area contributed by atoms with Crippen molar-refractivity contribution >= 4 is 0 Å². The molecule has 0 unspecified atom stereocenters. The van der Waals surface area contributed by atoms with Gasteiger partial charge in [-0.25, -0.2) is 0 Å². The SMILES string of the molecule is N#Cc1cc(-c2cc(C(F)(F)F)cc(C(F)(F)F)c2)cc(C#N)c1C(F)(F)F. The smallest absolute Gasteiger partial charge is 0.192 e. The molecule has 0 N–H and O–H groups in total. The zero-order chi connectivity index (χ0) is 21.5. The molecule has 0 aliphatic heterocycles. The largest absolute Gasteiger partial charge is 0.418 e. The molecule has 11 heteroatoms. The Morgan fingerprint density at radius 3 is 1.18 bits per heavy atom. The summed E-state index contributed by atoms with van der Waals surface area (Å²) >= 11 is 0. The molecule has 0 saturated carbocycles. The van der Waals surface area contributed by atoms with Crippen molar-refractivity contribution < 1.29 is 39.5 Å². The third-order valence-electron chi connectivity index (χ3n) is 3.58. The Hall–Kier alpha value is -3.21. The Labute approximate surface area is 151 Å². The van der Waals surface area contributed by atoms with Crippen LogP contribution in [0.25, 0.3) is 11.1 Å². The standard InChI is InChI=1S/C17H5F9N2/c18-15(19,20)12-3-9(4-13(5-12)16(21,22)23)8-1-10(6-27)14(17(24,25)26)11(2-8)7-28/h1-5H. The summed E-state index contributed by atoms with van der Waals surface area (Å²) in [5, 5.41) is 17.8. The fourth-order valence-electron chi connectivity index (χ4n) is 2.41. The van der Waals surface area contributed by atoms with Gasteiger partial charge in [0.2, 0.25) is 0 Å². The number of nitriles is 2. The number of hydrogen-bond acceptors (Lipinski definition) is 2. The van der Waals surface area contributed by atoms with Crippen LogP contribution in [0.5, 0.6) is 0 Å². The summed E-state index contributed by atoms with van der Waals surface area (Å²) in [6.07, 6.45) is -15.5. The highest BCUT2D eigenvalue weighted by atomic mass is 19.4. The van der Waals surface area contributed by atoms with Crippen molar-refractivity contribution in [3.8, 4) is 23.3 Å². The van der Waals surface area contributed by atoms with Gasteiger partial charge in [0.15, 0.2) is 0 Å². The quantitative estimate of drug-likeness (QED) is 0.531. The highest BCUT2D eigenvalue weighted by molar-refractivity contribution is 5.71. The van der Waals surface area contributed by atoms with E-state index in [1.165, 1.54) is 0 Å². The molecule has 0 amide bonds. The predicted octanol–water partition coefficient (Wildman–Crippen LogP) is 6.15. The fourth-order valence-corrected chi connectivity index (χ4v) is 2.41. The highest BCUT2D eigenvalue weighted by Gasteiger charge is 2.39. The lowest BCUT2D eigenvalue weighted by atomic mass is 9.93. The maximum absolute atomic E-state index is 13.1. The van der Waals surface area contributed by atoms with E-state index < -0.39 is 57.5 Å². The molecule has 0 heterocycles. The summed E-state index contributed by atoms with van der Waals surface area (Å²) in [7, 11) is 0. The van der Waals surface area contributed by atoms with E-state index in [1.807, 2.05) is 0 Å². The average Bonchev–Trinajstić information content (AvgIpc) is 2.57. The van der Waals surface area contributed by atoms with Crippen molar-refractivity contribution in [2.45, 2.75) is 18.5 Å². The first-order valence-electron chi connectivity index (χ1n) is 7.03. The van der Waals surface area contributed by atoms with Gasteiger partial charge in [-0.3, -0.25) is 0 Å². The Morgan fingerprint density at radius 1 is 0.536 bits per heavy atom. The average molecular weight is 408 g/mol. The molecule has 2 aromatic carbocycles. The Morgan fingerprint density at radius 2 is 0.893 bits per heavy atom. The summed E-state index contributed by atoms with van der Waals surface area (Å²) in [4.78, 5) is 0. The fraction of sp³-hybridized carbons (Fsp3) is 0.176. The van der Waals surface area contributed by atoms with E-state index in [-0.39, 0.29) is 6.07 Å². The minimum Gasteiger partial charge on any atom is -0.192 e. The molecule has 28 heavy (non-hydrogen) atoms. The van der Waals surface area contributed by atoms with Crippen LogP contribution in [0.1, 0.15) is 27.8 Å². The summed E-state index contributed by atoms with van der Waals surface area (Å²) in [5.74, 6) is 0. The zero-order valence-electron chi connectivity index (χ0n) is 13.2. The van der Waals surface area contributed by atoms with Crippen LogP contribution in [-0.4, -0.2) is 0 Å². The molecule has 0 bridgehead atoms. The van der Waals surface area contributed by atoms with Gasteiger partial charge in [0.1, 0.15) is 0 Å². The molecule has 0 saturated heterocycles. The van der Waals surface area contributed by atoms with E-state index in [1.54, 1.807) is 0 Å². The predicted molar refractivity (Wildman–Crippen MR) is 76.3 cm³/mol. The second-order valence-corrected chi connectivity index (χ2v) is 5.46. The molecule has 2 rings (SSSR count). The van der Waals surface area contributed by atoms with Crippen LogP contribution < -0.4 is 0 Å². The van der Waals surface area contributed by atoms with Crippen molar-refractivity contribution in [2.24, 2.45) is 0 Å². The maximum Gasteiger partial charge on any atom is 0.418 e. The van der Waals surface area contributed by atoms with Crippen molar-refractivity contribution in [3.05, 3.63) is 58.1 Å². The van der Waals surface area contributed by atoms with Crippen molar-refractivity contribution in [2.75, 3.05) is 0 Å². The maximum atomic E-state index is 13.1. The van der Waals surface area contributed by atoms with Gasteiger partial charge in [-0.15, -0.1) is 0 Å². The third-order valence-corrected chi connectivity index (χ3v) is 3.58. The summed E-state index contributed by atoms with van der Waals surface area (Å²) in [5.41, 5.74) is -8.52. The van der Waals surface area contributed by atoms with Gasteiger partial charge >= 0.3 is 18.5 Å². The Kier molecular flexibility index (Phi) is 5.08. The number of nitrogens with zero attached hydrogens (tertiary/aromatic N) is 2. The topological polar surface area (TPSA) is 47.6 Å². The van der Waals surface area contributed by atoms with E-state index in [9.17, 15) is 39.5 Å². The van der Waals surface area contributed by atoms with Crippen LogP contribution in [0.15, 0.2) is 30.3 Å². The van der Waals surface area contributed by atoms with E-state index >= 15 is 0 Å². The zero-order valence-corrected chi connectivity index (χ0v) is 13.2. The lowest BCUT2D eigenvalue weighted by Crippen LogP contribution is -2.12. The second kappa shape index (κ2) is 6.75. The van der Waals surface area contributed by atoms with Gasteiger partial charge in [0, 0.05) is 0 Å². The van der Waals surface area contributed by atoms with Crippen LogP contribution in [0.4, 0.5) is 39.5 Å². The molecule has 0 fully saturated rings. The molecular formula is C17H5F9N2. The monoisotopic (exact) mass is 408 g/mol. The van der Waals surface area contributed by atoms with Crippen molar-refractivity contribution in [1.29, 1.82) is 10.5 Å². The van der Waals surface area contributed by atoms with Crippen molar-refractivity contribution in [3.63, 3.8) is 0 Å². The van der Waals surface area contributed by atoms with Gasteiger partial charge in [-0.1, -0.05) is 0 Å². The first kappa shape index (κ1) is 21.1. The number of benzene rings is 2. The van der Waals surface area contributed by atoms with Crippen LogP contribution in [-0.2, 0) is 18.5 Å². The number of hydrogen-bond donors (Lipinski definition) is 0. The molecule has 0 aliphatic carbocycles. The van der Waals surface area contributed by atoms with E-state index in [0.717, 1.165) is 12.1 Å². The van der Waals surface area contributed by atoms with Gasteiger partial charge in [-0.2, -0.15) is 50.0 Å². The number of alkyl halides is 9. The third kappa shape index (κ3) is 4.19. The van der Waals surface area contributed by atoms with Crippen molar-refractivity contribution in [1.82, 2.24) is 0 Å². The minimum atomic E-state index is -5.17. The van der Waals surface area contributed by atoms with Gasteiger partial charge in [0.25, 0.3) is 0 Å². The van der Waals surface area contributed by atoms with E-state index in [4.69, 9.17) is 10.5 Å². The minimum absolute atomic E-state index is 0.149. The molecule has 0 radical (unpaired) electrons. The lowest BCUT2D eigenvalue weighted by Gasteiger charge is -2.16. The second-order valence-electron chi connectivity index (χ2n) is 5.46. The molecule has 2 nitrogen and oxygen atoms in total. The molecule has 0 aliphatic rings. The first-order chi connectivity index (χ1) is 12.7. The van der Waals surface area contributed by atoms with Gasteiger partial charge in [0.05, 0.1) is 40.0 Å². The molecule has 2 aromatic rings. The number of rotatable bonds is 1. The molecule has 0 atom stereocenters. The molecule has 0 spiro atoms. The molecule has 0 aromatic heterocycles. The van der Waals surface area contributed by atoms with Crippen LogP contribution in [0.2, 0.25) is 0 Å².